The minimum atomic E-state index is -4.65. The molecule has 5 rings (SSSR count). The van der Waals surface area contributed by atoms with Crippen LogP contribution in [-0.2, 0) is 28.4 Å². The van der Waals surface area contributed by atoms with Gasteiger partial charge < -0.3 is 24.4 Å². The van der Waals surface area contributed by atoms with Gasteiger partial charge in [0.25, 0.3) is 0 Å². The lowest BCUT2D eigenvalue weighted by molar-refractivity contribution is -0.119. The number of nitrogens with one attached hydrogen (secondary N) is 1. The highest BCUT2D eigenvalue weighted by Gasteiger charge is 2.51. The molecule has 1 fully saturated rings. The summed E-state index contributed by atoms with van der Waals surface area (Å²) in [4.78, 5) is 41.8. The Morgan fingerprint density at radius 3 is 2.60 bits per heavy atom. The number of hydrogen-bond donors (Lipinski definition) is 3. The van der Waals surface area contributed by atoms with Gasteiger partial charge in [-0.3, -0.25) is 18.3 Å². The topological polar surface area (TPSA) is 224 Å². The first-order valence-electron chi connectivity index (χ1n) is 14.7. The van der Waals surface area contributed by atoms with Crippen molar-refractivity contribution in [1.29, 1.82) is 0 Å². The second kappa shape index (κ2) is 13.2. The molecule has 0 radical (unpaired) electrons. The monoisotopic (exact) mass is 687 g/mol. The Hall–Kier alpha value is -4.07. The van der Waals surface area contributed by atoms with Gasteiger partial charge in [0.1, 0.15) is 30.2 Å². The summed E-state index contributed by atoms with van der Waals surface area (Å²) in [6.45, 7) is 9.47. The molecular formula is C29H37N7O9SSi. The molecule has 0 bridgehead atoms. The van der Waals surface area contributed by atoms with Gasteiger partial charge in [0, 0.05) is 24.0 Å². The van der Waals surface area contributed by atoms with Gasteiger partial charge in [0.15, 0.2) is 43.9 Å². The van der Waals surface area contributed by atoms with Crippen LogP contribution in [0.15, 0.2) is 53.9 Å². The van der Waals surface area contributed by atoms with E-state index >= 15 is 0 Å². The second-order valence-electron chi connectivity index (χ2n) is 12.6. The Labute approximate surface area is 272 Å². The number of imidazole rings is 1. The van der Waals surface area contributed by atoms with Gasteiger partial charge in [0.2, 0.25) is 5.91 Å². The van der Waals surface area contributed by atoms with Gasteiger partial charge in [-0.1, -0.05) is 45.0 Å². The average molecular weight is 688 g/mol. The summed E-state index contributed by atoms with van der Waals surface area (Å²) in [5.74, 6) is -0.825. The van der Waals surface area contributed by atoms with Crippen LogP contribution in [0.1, 0.15) is 50.2 Å². The Bertz CT molecular complexity index is 1860. The molecule has 0 spiro atoms. The number of carbonyl (C=O) groups is 2. The van der Waals surface area contributed by atoms with Gasteiger partial charge in [-0.2, -0.15) is 8.42 Å². The van der Waals surface area contributed by atoms with Crippen LogP contribution in [0.25, 0.3) is 22.5 Å². The van der Waals surface area contributed by atoms with Crippen molar-refractivity contribution in [1.82, 2.24) is 29.2 Å². The smallest absolute Gasteiger partial charge is 0.362 e. The number of hydrogen-bond acceptors (Lipinski definition) is 14. The molecule has 0 saturated carbocycles. The molecule has 252 valence electrons. The zero-order valence-corrected chi connectivity index (χ0v) is 28.3. The number of nitrogens with two attached hydrogens (primary N) is 1. The molecule has 3 aromatic heterocycles. The van der Waals surface area contributed by atoms with E-state index in [2.05, 4.69) is 19.9 Å². The van der Waals surface area contributed by atoms with Crippen molar-refractivity contribution in [3.05, 3.63) is 55.1 Å². The third-order valence-electron chi connectivity index (χ3n) is 8.34. The third-order valence-corrected chi connectivity index (χ3v) is 13.7. The first kappa shape index (κ1) is 34.3. The van der Waals surface area contributed by atoms with Crippen molar-refractivity contribution < 1.29 is 40.9 Å². The van der Waals surface area contributed by atoms with E-state index in [4.69, 9.17) is 23.5 Å². The Balaban J connectivity index is 1.25. The van der Waals surface area contributed by atoms with E-state index in [-0.39, 0.29) is 17.3 Å². The summed E-state index contributed by atoms with van der Waals surface area (Å²) in [6, 6.07) is 6.64. The summed E-state index contributed by atoms with van der Waals surface area (Å²) >= 11 is 0. The largest absolute Gasteiger partial charge is 0.443 e. The maximum Gasteiger partial charge on any atom is 0.362 e. The van der Waals surface area contributed by atoms with Crippen LogP contribution in [-0.4, -0.2) is 83.0 Å². The molecule has 4 N–H and O–H groups in total. The zero-order valence-electron chi connectivity index (χ0n) is 26.5. The fourth-order valence-electron chi connectivity index (χ4n) is 4.81. The number of aliphatic hydroxyl groups excluding tert-OH is 1. The maximum absolute atomic E-state index is 12.9. The van der Waals surface area contributed by atoms with E-state index in [1.807, 2.05) is 33.9 Å². The molecular weight excluding hydrogens is 651 g/mol. The van der Waals surface area contributed by atoms with Crippen LogP contribution in [0.5, 0.6) is 0 Å². The second-order valence-corrected chi connectivity index (χ2v) is 18.7. The number of nitrogens with zero attached hydrogens (tertiary/aromatic N) is 5. The zero-order chi connectivity index (χ0) is 34.1. The molecule has 16 nitrogen and oxygen atoms in total. The van der Waals surface area contributed by atoms with Crippen LogP contribution in [0.2, 0.25) is 18.1 Å². The predicted octanol–water partition coefficient (Wildman–Crippen LogP) is 2.75. The van der Waals surface area contributed by atoms with Gasteiger partial charge in [-0.15, -0.1) is 0 Å². The fraction of sp³-hybridized carbons (Fsp3) is 0.448. The normalized spacial score (nSPS) is 20.5. The number of aliphatic hydroxyl groups is 1. The van der Waals surface area contributed by atoms with Crippen LogP contribution >= 0.6 is 0 Å². The number of anilines is 1. The third kappa shape index (κ3) is 7.42. The number of amides is 1. The number of Topliss-reactive ketones (excluding diaryl/α,β-unsaturated/α-hetero) is 1. The molecule has 0 aliphatic carbocycles. The molecule has 1 saturated heterocycles. The molecule has 4 atom stereocenters. The lowest BCUT2D eigenvalue weighted by Crippen LogP contribution is -2.49. The van der Waals surface area contributed by atoms with Crippen molar-refractivity contribution in [2.45, 2.75) is 76.3 Å². The maximum atomic E-state index is 12.9. The van der Waals surface area contributed by atoms with Gasteiger partial charge in [0.05, 0.1) is 19.1 Å². The van der Waals surface area contributed by atoms with Crippen LogP contribution < -0.4 is 10.5 Å². The molecule has 18 heteroatoms. The predicted molar refractivity (Wildman–Crippen MR) is 170 cm³/mol. The number of ketones is 1. The quantitative estimate of drug-likeness (QED) is 0.144. The van der Waals surface area contributed by atoms with Gasteiger partial charge in [-0.05, 0) is 18.1 Å². The van der Waals surface area contributed by atoms with Crippen LogP contribution in [0.4, 0.5) is 5.82 Å². The van der Waals surface area contributed by atoms with E-state index in [1.165, 1.54) is 25.2 Å². The summed E-state index contributed by atoms with van der Waals surface area (Å²) in [5.41, 5.74) is 7.40. The summed E-state index contributed by atoms with van der Waals surface area (Å²) in [5, 5.41) is 11.1. The highest BCUT2D eigenvalue weighted by atomic mass is 32.2. The minimum Gasteiger partial charge on any atom is -0.443 e. The number of oxazole rings is 1. The van der Waals surface area contributed by atoms with Crippen LogP contribution in [0, 0.1) is 0 Å². The number of aromatic nitrogens is 5. The number of ether oxygens (including phenoxy) is 1. The Morgan fingerprint density at radius 2 is 1.89 bits per heavy atom. The van der Waals surface area contributed by atoms with Crippen molar-refractivity contribution in [2.75, 3.05) is 12.3 Å². The summed E-state index contributed by atoms with van der Waals surface area (Å²) < 4.78 is 51.8. The van der Waals surface area contributed by atoms with Crippen LogP contribution in [0.3, 0.4) is 0 Å². The number of fused-ring (bicyclic) bond motifs is 1. The van der Waals surface area contributed by atoms with Crippen molar-refractivity contribution >= 4 is 47.3 Å². The first-order chi connectivity index (χ1) is 22.1. The first-order valence-corrected chi connectivity index (χ1v) is 19.0. The van der Waals surface area contributed by atoms with E-state index < -0.39 is 67.9 Å². The highest BCUT2D eigenvalue weighted by Crippen LogP contribution is 2.42. The fourth-order valence-corrected chi connectivity index (χ4v) is 6.85. The van der Waals surface area contributed by atoms with Crippen molar-refractivity contribution in [3.8, 4) is 11.3 Å². The van der Waals surface area contributed by atoms with E-state index in [0.29, 0.717) is 28.1 Å². The van der Waals surface area contributed by atoms with E-state index in [1.54, 1.807) is 33.6 Å². The SMILES string of the molecule is CC(C)(C)[Si](C)(C)O[C@@H]1[C@H](O)[C@@H](COS(=O)(=O)NC(=O)CCC(=O)c2ccccc2-c2cnco2)O[C@H]1n1cnc2c(N)ncnc21. The number of rotatable bonds is 12. The number of benzene rings is 1. The molecule has 4 heterocycles. The molecule has 1 amide bonds. The Morgan fingerprint density at radius 1 is 1.15 bits per heavy atom. The van der Waals surface area contributed by atoms with Crippen molar-refractivity contribution in [3.63, 3.8) is 0 Å². The molecule has 47 heavy (non-hydrogen) atoms. The lowest BCUT2D eigenvalue weighted by atomic mass is 9.99. The molecule has 1 aliphatic heterocycles. The van der Waals surface area contributed by atoms with Gasteiger partial charge >= 0.3 is 10.3 Å². The van der Waals surface area contributed by atoms with Crippen molar-refractivity contribution in [2.24, 2.45) is 0 Å². The van der Waals surface area contributed by atoms with E-state index in [0.717, 1.165) is 0 Å². The minimum absolute atomic E-state index is 0.150. The molecule has 4 aromatic rings. The molecule has 1 aromatic carbocycles. The summed E-state index contributed by atoms with van der Waals surface area (Å²) in [7, 11) is -7.15. The molecule has 1 aliphatic rings. The van der Waals surface area contributed by atoms with E-state index in [9.17, 15) is 23.1 Å². The number of nitrogen functional groups attached to an aromatic ring is 1. The van der Waals surface area contributed by atoms with Gasteiger partial charge in [-0.25, -0.2) is 24.7 Å². The number of carbonyl (C=O) groups excluding carboxylic acids is 2. The summed E-state index contributed by atoms with van der Waals surface area (Å²) in [6.07, 6.45) is 0.221. The standard InChI is InChI=1S/C29H37N7O9SSi/c1-29(2,3)47(4,5)45-25-24(39)21(44-28(25)36-15-34-23-26(30)32-14-33-27(23)36)13-43-46(40,41)35-22(38)11-10-19(37)17-8-6-7-9-18(17)20-12-31-16-42-20/h6-9,12,14-16,21,24-25,28,39H,10-11,13H2,1-5H3,(H,35,38)(H2,30,32,33)/t21-,24-,25-,28-/m1/s1. The highest BCUT2D eigenvalue weighted by molar-refractivity contribution is 7.85. The molecule has 0 unspecified atom stereocenters. The lowest BCUT2D eigenvalue weighted by Gasteiger charge is -2.40. The Kier molecular flexibility index (Phi) is 9.63. The average Bonchev–Trinajstić information content (AvgIpc) is 3.75.